The number of allylic oxidation sites excluding steroid dienone is 3. The van der Waals surface area contributed by atoms with Crippen LogP contribution in [0, 0.1) is 0 Å². The Bertz CT molecular complexity index is 1440. The van der Waals surface area contributed by atoms with E-state index < -0.39 is 64.8 Å². The van der Waals surface area contributed by atoms with Gasteiger partial charge in [-0.15, -0.1) is 0 Å². The second-order valence-electron chi connectivity index (χ2n) is 10.6. The lowest BCUT2D eigenvalue weighted by Crippen LogP contribution is -2.52. The van der Waals surface area contributed by atoms with Gasteiger partial charge in [0.15, 0.2) is 0 Å². The van der Waals surface area contributed by atoms with Crippen LogP contribution in [0.15, 0.2) is 97.1 Å². The summed E-state index contributed by atoms with van der Waals surface area (Å²) in [6.07, 6.45) is -3.73. The number of carbonyl (C=O) groups excluding carboxylic acids is 3. The molecular weight excluding hydrogens is 662 g/mol. The number of rotatable bonds is 17. The molecule has 2 rings (SSSR count). The monoisotopic (exact) mass is 700 g/mol. The number of hydrogen-bond acceptors (Lipinski definition) is 8. The molecule has 0 aliphatic carbocycles. The minimum absolute atomic E-state index is 0.0930. The van der Waals surface area contributed by atoms with E-state index in [4.69, 9.17) is 18.9 Å². The molecule has 2 aromatic rings. The number of benzene rings is 2. The van der Waals surface area contributed by atoms with Gasteiger partial charge in [0, 0.05) is 37.8 Å². The number of alkyl halides is 6. The van der Waals surface area contributed by atoms with Crippen molar-refractivity contribution in [2.24, 2.45) is 0 Å². The Hall–Kier alpha value is -4.43. The van der Waals surface area contributed by atoms with Crippen LogP contribution in [0.3, 0.4) is 0 Å². The van der Waals surface area contributed by atoms with Crippen molar-refractivity contribution in [1.82, 2.24) is 0 Å². The van der Waals surface area contributed by atoms with Crippen LogP contribution in [0.1, 0.15) is 43.7 Å². The first-order valence-electron chi connectivity index (χ1n) is 15.0. The third kappa shape index (κ3) is 10.3. The first-order chi connectivity index (χ1) is 23.1. The van der Waals surface area contributed by atoms with E-state index >= 15 is 0 Å². The molecule has 8 nitrogen and oxygen atoms in total. The molecule has 4 atom stereocenters. The molecule has 0 saturated heterocycles. The first kappa shape index (κ1) is 40.7. The van der Waals surface area contributed by atoms with Crippen LogP contribution in [-0.4, -0.2) is 63.8 Å². The summed E-state index contributed by atoms with van der Waals surface area (Å²) in [5.74, 6) is -4.02. The molecule has 0 heterocycles. The summed E-state index contributed by atoms with van der Waals surface area (Å²) in [5.41, 5.74) is -7.67. The number of methoxy groups -OCH3 is 3. The van der Waals surface area contributed by atoms with E-state index in [2.05, 4.69) is 4.74 Å². The zero-order valence-electron chi connectivity index (χ0n) is 27.3. The van der Waals surface area contributed by atoms with Crippen molar-refractivity contribution < 1.29 is 64.4 Å². The molecule has 14 heteroatoms. The van der Waals surface area contributed by atoms with Crippen LogP contribution in [0.4, 0.5) is 26.3 Å². The highest BCUT2D eigenvalue weighted by molar-refractivity contribution is 5.84. The Morgan fingerprint density at radius 2 is 1.20 bits per heavy atom. The molecule has 49 heavy (non-hydrogen) atoms. The van der Waals surface area contributed by atoms with E-state index in [9.17, 15) is 40.7 Å². The van der Waals surface area contributed by atoms with Crippen LogP contribution < -0.4 is 0 Å². The average Bonchev–Trinajstić information content (AvgIpc) is 3.05. The molecule has 0 aliphatic heterocycles. The lowest BCUT2D eigenvalue weighted by atomic mass is 9.92. The van der Waals surface area contributed by atoms with E-state index in [1.807, 2.05) is 0 Å². The maximum absolute atomic E-state index is 14.3. The van der Waals surface area contributed by atoms with Gasteiger partial charge in [-0.3, -0.25) is 0 Å². The molecule has 268 valence electrons. The van der Waals surface area contributed by atoms with Gasteiger partial charge in [0.1, 0.15) is 6.10 Å². The van der Waals surface area contributed by atoms with Gasteiger partial charge < -0.3 is 23.7 Å². The van der Waals surface area contributed by atoms with Crippen LogP contribution in [0.5, 0.6) is 0 Å². The molecule has 0 amide bonds. The molecule has 0 aliphatic rings. The second-order valence-corrected chi connectivity index (χ2v) is 10.6. The number of esters is 3. The SMILES string of the molecule is COC(=O)/C=C/C=C/[C@H](C/C=C/CCC[C@@H](C)OC(=O)[C@](OC)(c1ccccc1)C(F)(F)F)OC(=O)[C@](OC)(c1ccccc1)C(F)(F)F. The lowest BCUT2D eigenvalue weighted by molar-refractivity contribution is -0.278. The van der Waals surface area contributed by atoms with Gasteiger partial charge in [-0.05, 0) is 32.3 Å². The Kier molecular flexibility index (Phi) is 15.3. The van der Waals surface area contributed by atoms with Crippen molar-refractivity contribution in [1.29, 1.82) is 0 Å². The van der Waals surface area contributed by atoms with Crippen LogP contribution >= 0.6 is 0 Å². The standard InChI is InChI=1S/C35H38F6O8/c1-25(48-30(43)32(46-3,34(36,37)38)26-18-10-7-11-19-26)17-9-5-6-14-22-28(23-15-16-24-29(42)45-2)49-31(44)33(47-4,35(39,40)41)27-20-12-8-13-21-27/h6-8,10-16,18-21,23-25,28H,5,9,17,22H2,1-4H3/b14-6+,23-15+,24-16+/t25-,28+,32-,33-/m1/s1. The molecule has 0 fully saturated rings. The smallest absolute Gasteiger partial charge is 0.432 e. The van der Waals surface area contributed by atoms with Crippen LogP contribution in [0.2, 0.25) is 0 Å². The predicted molar refractivity (Wildman–Crippen MR) is 166 cm³/mol. The third-order valence-electron chi connectivity index (χ3n) is 7.30. The van der Waals surface area contributed by atoms with E-state index in [0.717, 1.165) is 51.7 Å². The summed E-state index contributed by atoms with van der Waals surface area (Å²) in [5, 5.41) is 0. The number of hydrogen-bond donors (Lipinski definition) is 0. The summed E-state index contributed by atoms with van der Waals surface area (Å²) < 4.78 is 110. The first-order valence-corrected chi connectivity index (χ1v) is 15.0. The number of carbonyl (C=O) groups is 3. The Morgan fingerprint density at radius 3 is 1.65 bits per heavy atom. The summed E-state index contributed by atoms with van der Waals surface area (Å²) in [4.78, 5) is 37.3. The molecule has 0 saturated carbocycles. The zero-order chi connectivity index (χ0) is 36.7. The summed E-state index contributed by atoms with van der Waals surface area (Å²) >= 11 is 0. The number of halogens is 6. The summed E-state index contributed by atoms with van der Waals surface area (Å²) in [6.45, 7) is 1.43. The number of ether oxygens (including phenoxy) is 5. The van der Waals surface area contributed by atoms with Gasteiger partial charge in [-0.2, -0.15) is 26.3 Å². The van der Waals surface area contributed by atoms with Crippen molar-refractivity contribution in [3.8, 4) is 0 Å². The van der Waals surface area contributed by atoms with Crippen molar-refractivity contribution in [3.63, 3.8) is 0 Å². The van der Waals surface area contributed by atoms with E-state index in [-0.39, 0.29) is 12.8 Å². The fraction of sp³-hybridized carbons (Fsp3) is 0.400. The van der Waals surface area contributed by atoms with E-state index in [1.165, 1.54) is 67.6 Å². The molecule has 0 aromatic heterocycles. The largest absolute Gasteiger partial charge is 0.466 e. The minimum Gasteiger partial charge on any atom is -0.466 e. The fourth-order valence-electron chi connectivity index (χ4n) is 4.75. The molecule has 0 spiro atoms. The lowest BCUT2D eigenvalue weighted by Gasteiger charge is -2.33. The molecule has 0 bridgehead atoms. The molecule has 2 aromatic carbocycles. The molecule has 0 radical (unpaired) electrons. The van der Waals surface area contributed by atoms with Crippen molar-refractivity contribution in [2.75, 3.05) is 21.3 Å². The van der Waals surface area contributed by atoms with Gasteiger partial charge in [0.2, 0.25) is 0 Å². The summed E-state index contributed by atoms with van der Waals surface area (Å²) in [6, 6.07) is 12.7. The fourth-order valence-corrected chi connectivity index (χ4v) is 4.75. The van der Waals surface area contributed by atoms with Gasteiger partial charge in [-0.25, -0.2) is 14.4 Å². The van der Waals surface area contributed by atoms with Crippen molar-refractivity contribution in [2.45, 2.75) is 68.4 Å². The Labute approximate surface area is 280 Å². The van der Waals surface area contributed by atoms with Crippen molar-refractivity contribution >= 4 is 17.9 Å². The maximum atomic E-state index is 14.3. The van der Waals surface area contributed by atoms with E-state index in [1.54, 1.807) is 6.08 Å². The van der Waals surface area contributed by atoms with Gasteiger partial charge in [0.25, 0.3) is 11.2 Å². The quantitative estimate of drug-likeness (QED) is 0.0320. The highest BCUT2D eigenvalue weighted by Gasteiger charge is 2.65. The normalized spacial score (nSPS) is 16.2. The highest BCUT2D eigenvalue weighted by Crippen LogP contribution is 2.44. The zero-order valence-corrected chi connectivity index (χ0v) is 27.3. The molecule has 0 unspecified atom stereocenters. The number of unbranched alkanes of at least 4 members (excludes halogenated alkanes) is 1. The molecular formula is C35H38F6O8. The summed E-state index contributed by atoms with van der Waals surface area (Å²) in [7, 11) is 2.66. The highest BCUT2D eigenvalue weighted by atomic mass is 19.4. The maximum Gasteiger partial charge on any atom is 0.432 e. The predicted octanol–water partition coefficient (Wildman–Crippen LogP) is 7.44. The van der Waals surface area contributed by atoms with Gasteiger partial charge >= 0.3 is 30.3 Å². The Balaban J connectivity index is 2.12. The van der Waals surface area contributed by atoms with Crippen LogP contribution in [-0.2, 0) is 49.3 Å². The Morgan fingerprint density at radius 1 is 0.714 bits per heavy atom. The average molecular weight is 701 g/mol. The van der Waals surface area contributed by atoms with E-state index in [0.29, 0.717) is 12.8 Å². The topological polar surface area (TPSA) is 97.4 Å². The van der Waals surface area contributed by atoms with Gasteiger partial charge in [-0.1, -0.05) is 85.0 Å². The second kappa shape index (κ2) is 18.4. The van der Waals surface area contributed by atoms with Gasteiger partial charge in [0.05, 0.1) is 13.2 Å². The van der Waals surface area contributed by atoms with Crippen LogP contribution in [0.25, 0.3) is 0 Å². The van der Waals surface area contributed by atoms with Crippen molar-refractivity contribution in [3.05, 3.63) is 108 Å². The minimum atomic E-state index is -5.20. The molecule has 0 N–H and O–H groups in total. The third-order valence-corrected chi connectivity index (χ3v) is 7.30.